The second kappa shape index (κ2) is 5.97. The summed E-state index contributed by atoms with van der Waals surface area (Å²) in [7, 11) is 0. The molecule has 1 aliphatic heterocycles. The van der Waals surface area contributed by atoms with E-state index in [0.717, 1.165) is 38.2 Å². The van der Waals surface area contributed by atoms with Crippen molar-refractivity contribution in [2.24, 2.45) is 5.92 Å². The fourth-order valence-electron chi connectivity index (χ4n) is 3.04. The van der Waals surface area contributed by atoms with Crippen molar-refractivity contribution in [1.29, 1.82) is 0 Å². The fraction of sp³-hybridized carbons (Fsp3) is 0.667. The van der Waals surface area contributed by atoms with Crippen LogP contribution < -0.4 is 10.2 Å². The molecule has 0 aromatic carbocycles. The van der Waals surface area contributed by atoms with Crippen LogP contribution in [0.4, 0.5) is 11.5 Å². The van der Waals surface area contributed by atoms with Gasteiger partial charge in [-0.25, -0.2) is 4.98 Å². The number of nitrogens with one attached hydrogen (secondary N) is 1. The number of nitrogens with zero attached hydrogens (tertiary/aromatic N) is 3. The summed E-state index contributed by atoms with van der Waals surface area (Å²) in [5.41, 5.74) is 0.972. The van der Waals surface area contributed by atoms with E-state index in [-0.39, 0.29) is 10.6 Å². The summed E-state index contributed by atoms with van der Waals surface area (Å²) < 4.78 is 0. The van der Waals surface area contributed by atoms with E-state index in [1.807, 2.05) is 6.92 Å². The van der Waals surface area contributed by atoms with Crippen LogP contribution in [0.2, 0.25) is 0 Å². The van der Waals surface area contributed by atoms with Crippen LogP contribution >= 0.6 is 0 Å². The van der Waals surface area contributed by atoms with E-state index in [2.05, 4.69) is 15.2 Å². The highest BCUT2D eigenvalue weighted by molar-refractivity contribution is 5.59. The van der Waals surface area contributed by atoms with Crippen LogP contribution in [-0.4, -0.2) is 35.6 Å². The van der Waals surface area contributed by atoms with Gasteiger partial charge >= 0.3 is 5.69 Å². The van der Waals surface area contributed by atoms with Crippen molar-refractivity contribution in [3.63, 3.8) is 0 Å². The van der Waals surface area contributed by atoms with Gasteiger partial charge in [-0.15, -0.1) is 0 Å². The maximum Gasteiger partial charge on any atom is 0.311 e. The molecule has 6 nitrogen and oxygen atoms in total. The van der Waals surface area contributed by atoms with Gasteiger partial charge in [-0.05, 0) is 57.7 Å². The second-order valence-corrected chi connectivity index (χ2v) is 6.15. The third-order valence-corrected chi connectivity index (χ3v) is 4.30. The molecule has 0 radical (unpaired) electrons. The van der Waals surface area contributed by atoms with Gasteiger partial charge in [0.25, 0.3) is 0 Å². The average Bonchev–Trinajstić information content (AvgIpc) is 3.30. The van der Waals surface area contributed by atoms with Gasteiger partial charge in [-0.2, -0.15) is 0 Å². The summed E-state index contributed by atoms with van der Waals surface area (Å²) in [5, 5.41) is 14.7. The maximum atomic E-state index is 11.3. The average molecular weight is 290 g/mol. The lowest BCUT2D eigenvalue weighted by Gasteiger charge is -2.31. The van der Waals surface area contributed by atoms with Gasteiger partial charge in [0.15, 0.2) is 0 Å². The molecule has 1 aromatic heterocycles. The topological polar surface area (TPSA) is 71.3 Å². The van der Waals surface area contributed by atoms with E-state index in [9.17, 15) is 10.1 Å². The summed E-state index contributed by atoms with van der Waals surface area (Å²) in [5.74, 6) is 1.12. The van der Waals surface area contributed by atoms with Gasteiger partial charge in [-0.1, -0.05) is 0 Å². The molecule has 1 aromatic rings. The monoisotopic (exact) mass is 290 g/mol. The lowest BCUT2D eigenvalue weighted by Crippen LogP contribution is -2.40. The Morgan fingerprint density at radius 1 is 1.43 bits per heavy atom. The molecule has 2 aliphatic rings. The van der Waals surface area contributed by atoms with Crippen LogP contribution in [0.1, 0.15) is 31.4 Å². The molecule has 2 fully saturated rings. The Bertz CT molecular complexity index is 524. The van der Waals surface area contributed by atoms with E-state index >= 15 is 0 Å². The number of rotatable bonds is 5. The molecule has 1 saturated carbocycles. The Morgan fingerprint density at radius 2 is 2.24 bits per heavy atom. The van der Waals surface area contributed by atoms with E-state index in [0.29, 0.717) is 17.8 Å². The second-order valence-electron chi connectivity index (χ2n) is 6.15. The van der Waals surface area contributed by atoms with E-state index in [4.69, 9.17) is 0 Å². The van der Waals surface area contributed by atoms with Crippen molar-refractivity contribution < 1.29 is 4.92 Å². The summed E-state index contributed by atoms with van der Waals surface area (Å²) in [6, 6.07) is 3.74. The quantitative estimate of drug-likeness (QED) is 0.665. The van der Waals surface area contributed by atoms with Gasteiger partial charge < -0.3 is 10.2 Å². The third kappa shape index (κ3) is 3.32. The number of pyridine rings is 1. The normalized spacial score (nSPS) is 22.0. The zero-order valence-corrected chi connectivity index (χ0v) is 12.4. The minimum Gasteiger partial charge on any atom is -0.348 e. The Hall–Kier alpha value is -1.69. The van der Waals surface area contributed by atoms with Crippen LogP contribution in [0.5, 0.6) is 0 Å². The Labute approximate surface area is 124 Å². The van der Waals surface area contributed by atoms with Gasteiger partial charge in [0.05, 0.1) is 4.92 Å². The molecule has 1 saturated heterocycles. The zero-order chi connectivity index (χ0) is 14.8. The molecular formula is C15H22N4O2. The molecule has 3 rings (SSSR count). The third-order valence-electron chi connectivity index (χ3n) is 4.30. The van der Waals surface area contributed by atoms with Crippen LogP contribution in [-0.2, 0) is 0 Å². The Morgan fingerprint density at radius 3 is 2.86 bits per heavy atom. The molecule has 1 N–H and O–H groups in total. The van der Waals surface area contributed by atoms with E-state index in [1.54, 1.807) is 12.1 Å². The SMILES string of the molecule is Cc1ccc([N+](=O)[O-])c(N(CC2CCCNC2)C2CC2)n1. The molecule has 21 heavy (non-hydrogen) atoms. The highest BCUT2D eigenvalue weighted by Crippen LogP contribution is 2.36. The van der Waals surface area contributed by atoms with E-state index < -0.39 is 0 Å². The van der Waals surface area contributed by atoms with E-state index in [1.165, 1.54) is 12.8 Å². The molecule has 2 heterocycles. The summed E-state index contributed by atoms with van der Waals surface area (Å²) in [4.78, 5) is 17.7. The van der Waals surface area contributed by atoms with Crippen molar-refractivity contribution in [2.45, 2.75) is 38.6 Å². The molecule has 0 spiro atoms. The van der Waals surface area contributed by atoms with Crippen LogP contribution in [0.3, 0.4) is 0 Å². The molecule has 0 bridgehead atoms. The largest absolute Gasteiger partial charge is 0.348 e. The van der Waals surface area contributed by atoms with Crippen molar-refractivity contribution in [1.82, 2.24) is 10.3 Å². The summed E-state index contributed by atoms with van der Waals surface area (Å²) in [6.07, 6.45) is 4.61. The molecule has 1 atom stereocenters. The number of aryl methyl sites for hydroxylation is 1. The first-order chi connectivity index (χ1) is 10.1. The molecule has 1 aliphatic carbocycles. The molecule has 0 amide bonds. The smallest absolute Gasteiger partial charge is 0.311 e. The molecule has 114 valence electrons. The number of piperidine rings is 1. The van der Waals surface area contributed by atoms with Gasteiger partial charge in [0, 0.05) is 24.3 Å². The number of hydrogen-bond acceptors (Lipinski definition) is 5. The van der Waals surface area contributed by atoms with Crippen LogP contribution in [0.15, 0.2) is 12.1 Å². The summed E-state index contributed by atoms with van der Waals surface area (Å²) >= 11 is 0. The van der Waals surface area contributed by atoms with Crippen molar-refractivity contribution in [3.05, 3.63) is 27.9 Å². The highest BCUT2D eigenvalue weighted by Gasteiger charge is 2.35. The number of anilines is 1. The minimum atomic E-state index is -0.309. The summed E-state index contributed by atoms with van der Waals surface area (Å²) in [6.45, 7) is 4.85. The minimum absolute atomic E-state index is 0.135. The number of nitro groups is 1. The standard InChI is InChI=1S/C15H22N4O2/c1-11-4-7-14(19(20)21)15(17-11)18(13-5-6-13)10-12-3-2-8-16-9-12/h4,7,12-13,16H,2-3,5-6,8-10H2,1H3. The van der Waals surface area contributed by atoms with Gasteiger partial charge in [-0.3, -0.25) is 10.1 Å². The molecule has 1 unspecified atom stereocenters. The first-order valence-corrected chi connectivity index (χ1v) is 7.74. The van der Waals surface area contributed by atoms with Crippen molar-refractivity contribution in [3.8, 4) is 0 Å². The number of aromatic nitrogens is 1. The lowest BCUT2D eigenvalue weighted by molar-refractivity contribution is -0.384. The predicted molar refractivity (Wildman–Crippen MR) is 81.6 cm³/mol. The van der Waals surface area contributed by atoms with Gasteiger partial charge in [0.2, 0.25) is 5.82 Å². The Balaban J connectivity index is 1.86. The first-order valence-electron chi connectivity index (χ1n) is 7.74. The Kier molecular flexibility index (Phi) is 4.05. The van der Waals surface area contributed by atoms with Crippen LogP contribution in [0.25, 0.3) is 0 Å². The number of hydrogen-bond donors (Lipinski definition) is 1. The molecule has 6 heteroatoms. The van der Waals surface area contributed by atoms with Crippen molar-refractivity contribution in [2.75, 3.05) is 24.5 Å². The van der Waals surface area contributed by atoms with Crippen LogP contribution in [0, 0.1) is 23.0 Å². The van der Waals surface area contributed by atoms with Gasteiger partial charge in [0.1, 0.15) is 0 Å². The predicted octanol–water partition coefficient (Wildman–Crippen LogP) is 2.27. The highest BCUT2D eigenvalue weighted by atomic mass is 16.6. The first kappa shape index (κ1) is 14.3. The lowest BCUT2D eigenvalue weighted by atomic mass is 9.99. The van der Waals surface area contributed by atoms with Crippen molar-refractivity contribution >= 4 is 11.5 Å². The zero-order valence-electron chi connectivity index (χ0n) is 12.4. The fourth-order valence-corrected chi connectivity index (χ4v) is 3.04. The maximum absolute atomic E-state index is 11.3. The molecular weight excluding hydrogens is 268 g/mol.